The first-order chi connectivity index (χ1) is 16.4. The van der Waals surface area contributed by atoms with Gasteiger partial charge in [0.1, 0.15) is 24.4 Å². The van der Waals surface area contributed by atoms with Crippen LogP contribution in [0.4, 0.5) is 0 Å². The van der Waals surface area contributed by atoms with Gasteiger partial charge in [0.2, 0.25) is 0 Å². The van der Waals surface area contributed by atoms with Gasteiger partial charge in [-0.3, -0.25) is 0 Å². The molecular formula is C28H26O6. The van der Waals surface area contributed by atoms with E-state index in [1.807, 2.05) is 0 Å². The average Bonchev–Trinajstić information content (AvgIpc) is 2.89. The molecular weight excluding hydrogens is 432 g/mol. The Morgan fingerprint density at radius 2 is 1.00 bits per heavy atom. The van der Waals surface area contributed by atoms with Crippen molar-refractivity contribution in [3.8, 4) is 0 Å². The smallest absolute Gasteiger partial charge is 0.151 e. The summed E-state index contributed by atoms with van der Waals surface area (Å²) in [7, 11) is 0. The van der Waals surface area contributed by atoms with Crippen molar-refractivity contribution >= 4 is 49.4 Å². The fourth-order valence-corrected chi connectivity index (χ4v) is 4.06. The van der Waals surface area contributed by atoms with Gasteiger partial charge in [0.25, 0.3) is 0 Å². The molecule has 5 N–H and O–H groups in total. The molecule has 0 radical (unpaired) electrons. The molecule has 0 saturated heterocycles. The molecule has 0 fully saturated rings. The van der Waals surface area contributed by atoms with Crippen LogP contribution < -0.4 is 0 Å². The van der Waals surface area contributed by atoms with Gasteiger partial charge >= 0.3 is 0 Å². The van der Waals surface area contributed by atoms with Crippen molar-refractivity contribution in [2.75, 3.05) is 6.61 Å². The highest BCUT2D eigenvalue weighted by atomic mass is 16.4. The van der Waals surface area contributed by atoms with E-state index in [1.165, 1.54) is 43.1 Å². The van der Waals surface area contributed by atoms with Gasteiger partial charge in [0, 0.05) is 0 Å². The number of carbonyl (C=O) groups is 1. The molecule has 5 aromatic rings. The largest absolute Gasteiger partial charge is 0.394 e. The van der Waals surface area contributed by atoms with Crippen LogP contribution in [0.25, 0.3) is 43.1 Å². The molecule has 0 aliphatic heterocycles. The van der Waals surface area contributed by atoms with E-state index in [9.17, 15) is 4.79 Å². The number of hydrogen-bond donors (Lipinski definition) is 5. The van der Waals surface area contributed by atoms with Crippen molar-refractivity contribution in [2.45, 2.75) is 24.4 Å². The van der Waals surface area contributed by atoms with Crippen molar-refractivity contribution in [1.29, 1.82) is 0 Å². The monoisotopic (exact) mass is 458 g/mol. The number of aliphatic hydroxyl groups excluding tert-OH is 5. The Hall–Kier alpha value is -3.39. The standard InChI is InChI=1S/C22H14.C6H12O6/c1-3-7-17-13-21-19(11-15(17)5-1)9-10-20-12-16-6-2-4-8-18(16)14-22(20)21;7-1-3(9)5(11)6(12)4(10)2-8/h1-14H;1,3-6,8-12H,2H2/t;3-,4+,5+,6+/m.0/s1. The Labute approximate surface area is 195 Å². The van der Waals surface area contributed by atoms with Gasteiger partial charge in [-0.1, -0.05) is 60.7 Å². The predicted octanol–water partition coefficient (Wildman–Crippen LogP) is 2.92. The van der Waals surface area contributed by atoms with E-state index in [-0.39, 0.29) is 6.29 Å². The molecule has 0 heterocycles. The lowest BCUT2D eigenvalue weighted by molar-refractivity contribution is -0.136. The number of rotatable bonds is 5. The van der Waals surface area contributed by atoms with Crippen molar-refractivity contribution in [2.24, 2.45) is 0 Å². The molecule has 0 spiro atoms. The van der Waals surface area contributed by atoms with Crippen molar-refractivity contribution < 1.29 is 30.3 Å². The molecule has 0 aromatic heterocycles. The highest BCUT2D eigenvalue weighted by molar-refractivity contribution is 6.15. The molecule has 34 heavy (non-hydrogen) atoms. The predicted molar refractivity (Wildman–Crippen MR) is 134 cm³/mol. The third-order valence-electron chi connectivity index (χ3n) is 5.99. The van der Waals surface area contributed by atoms with E-state index in [2.05, 4.69) is 84.9 Å². The van der Waals surface area contributed by atoms with Gasteiger partial charge in [-0.25, -0.2) is 0 Å². The average molecular weight is 459 g/mol. The molecule has 0 bridgehead atoms. The summed E-state index contributed by atoms with van der Waals surface area (Å²) in [5.41, 5.74) is 0. The van der Waals surface area contributed by atoms with E-state index in [1.54, 1.807) is 0 Å². The van der Waals surface area contributed by atoms with Gasteiger partial charge in [-0.05, 0) is 67.4 Å². The maximum absolute atomic E-state index is 9.90. The summed E-state index contributed by atoms with van der Waals surface area (Å²) in [6.45, 7) is -0.760. The zero-order valence-electron chi connectivity index (χ0n) is 18.3. The zero-order valence-corrected chi connectivity index (χ0v) is 18.3. The Morgan fingerprint density at radius 1 is 0.588 bits per heavy atom. The van der Waals surface area contributed by atoms with E-state index in [0.29, 0.717) is 0 Å². The minimum absolute atomic E-state index is 0.0258. The molecule has 0 amide bonds. The van der Waals surface area contributed by atoms with Crippen LogP contribution in [0.15, 0.2) is 84.9 Å². The Balaban J connectivity index is 0.000000197. The van der Waals surface area contributed by atoms with E-state index < -0.39 is 31.0 Å². The van der Waals surface area contributed by atoms with Crippen LogP contribution in [-0.4, -0.2) is 62.8 Å². The molecule has 174 valence electrons. The first-order valence-electron chi connectivity index (χ1n) is 11.0. The minimum Gasteiger partial charge on any atom is -0.394 e. The second kappa shape index (κ2) is 10.3. The Morgan fingerprint density at radius 3 is 1.38 bits per heavy atom. The fourth-order valence-electron chi connectivity index (χ4n) is 4.06. The summed E-state index contributed by atoms with van der Waals surface area (Å²) in [6, 6.07) is 30.8. The second-order valence-electron chi connectivity index (χ2n) is 8.26. The fraction of sp³-hybridized carbons (Fsp3) is 0.179. The van der Waals surface area contributed by atoms with E-state index in [4.69, 9.17) is 25.5 Å². The minimum atomic E-state index is -1.79. The van der Waals surface area contributed by atoms with Crippen molar-refractivity contribution in [1.82, 2.24) is 0 Å². The van der Waals surface area contributed by atoms with Crippen LogP contribution in [0.1, 0.15) is 0 Å². The van der Waals surface area contributed by atoms with Crippen LogP contribution in [0, 0.1) is 0 Å². The maximum Gasteiger partial charge on any atom is 0.151 e. The SMILES string of the molecule is O=C[C@H](O)[C@@H](O)[C@H](O)[C@H](O)CO.c1ccc2cc3c(ccc4cc5ccccc5cc43)cc2c1. The third kappa shape index (κ3) is 4.77. The summed E-state index contributed by atoms with van der Waals surface area (Å²) in [5.74, 6) is 0. The lowest BCUT2D eigenvalue weighted by Crippen LogP contribution is -2.46. The quantitative estimate of drug-likeness (QED) is 0.157. The van der Waals surface area contributed by atoms with Crippen LogP contribution in [0.2, 0.25) is 0 Å². The molecule has 5 rings (SSSR count). The van der Waals surface area contributed by atoms with Crippen LogP contribution >= 0.6 is 0 Å². The third-order valence-corrected chi connectivity index (χ3v) is 5.99. The number of carbonyl (C=O) groups excluding carboxylic acids is 1. The molecule has 0 saturated carbocycles. The van der Waals surface area contributed by atoms with Crippen LogP contribution in [-0.2, 0) is 4.79 Å². The lowest BCUT2D eigenvalue weighted by atomic mass is 9.96. The number of fused-ring (bicyclic) bond motifs is 5. The zero-order chi connectivity index (χ0) is 24.2. The van der Waals surface area contributed by atoms with E-state index >= 15 is 0 Å². The normalized spacial score (nSPS) is 15.0. The maximum atomic E-state index is 9.90. The molecule has 0 aliphatic carbocycles. The van der Waals surface area contributed by atoms with Crippen molar-refractivity contribution in [3.05, 3.63) is 84.9 Å². The number of aliphatic hydroxyl groups is 5. The van der Waals surface area contributed by atoms with Crippen LogP contribution in [0.3, 0.4) is 0 Å². The summed E-state index contributed by atoms with van der Waals surface area (Å²) in [6.07, 6.45) is -6.84. The lowest BCUT2D eigenvalue weighted by Gasteiger charge is -2.22. The van der Waals surface area contributed by atoms with Crippen molar-refractivity contribution in [3.63, 3.8) is 0 Å². The van der Waals surface area contributed by atoms with Crippen LogP contribution in [0.5, 0.6) is 0 Å². The molecule has 6 heteroatoms. The highest BCUT2D eigenvalue weighted by Crippen LogP contribution is 2.32. The number of benzene rings is 5. The summed E-state index contributed by atoms with van der Waals surface area (Å²) in [4.78, 5) is 9.90. The first-order valence-corrected chi connectivity index (χ1v) is 11.0. The first kappa shape index (κ1) is 23.8. The molecule has 0 unspecified atom stereocenters. The van der Waals surface area contributed by atoms with Gasteiger partial charge in [-0.2, -0.15) is 0 Å². The Kier molecular flexibility index (Phi) is 7.17. The van der Waals surface area contributed by atoms with Gasteiger partial charge in [-0.15, -0.1) is 0 Å². The summed E-state index contributed by atoms with van der Waals surface area (Å²) < 4.78 is 0. The number of hydrogen-bond acceptors (Lipinski definition) is 6. The molecule has 6 nitrogen and oxygen atoms in total. The topological polar surface area (TPSA) is 118 Å². The molecule has 0 aliphatic rings. The molecule has 5 aromatic carbocycles. The van der Waals surface area contributed by atoms with Gasteiger partial charge in [0.05, 0.1) is 6.61 Å². The van der Waals surface area contributed by atoms with Gasteiger partial charge < -0.3 is 30.3 Å². The van der Waals surface area contributed by atoms with Gasteiger partial charge in [0.15, 0.2) is 6.29 Å². The summed E-state index contributed by atoms with van der Waals surface area (Å²) in [5, 5.41) is 54.0. The number of aldehydes is 1. The summed E-state index contributed by atoms with van der Waals surface area (Å²) >= 11 is 0. The van der Waals surface area contributed by atoms with E-state index in [0.717, 1.165) is 0 Å². The highest BCUT2D eigenvalue weighted by Gasteiger charge is 2.29. The second-order valence-corrected chi connectivity index (χ2v) is 8.26. The molecule has 4 atom stereocenters. The Bertz CT molecular complexity index is 1350.